The van der Waals surface area contributed by atoms with E-state index in [1.807, 2.05) is 0 Å². The Morgan fingerprint density at radius 1 is 1.20 bits per heavy atom. The molecule has 2 heterocycles. The number of benzene rings is 1. The molecule has 0 fully saturated rings. The summed E-state index contributed by atoms with van der Waals surface area (Å²) in [6.45, 7) is 0.0900. The second kappa shape index (κ2) is 4.57. The van der Waals surface area contributed by atoms with Gasteiger partial charge >= 0.3 is 5.97 Å². The first kappa shape index (κ1) is 12.6. The number of carboxylic acids is 1. The van der Waals surface area contributed by atoms with Crippen molar-refractivity contribution >= 4 is 34.7 Å². The summed E-state index contributed by atoms with van der Waals surface area (Å²) in [5.41, 5.74) is 1.43. The van der Waals surface area contributed by atoms with Crippen LogP contribution in [0.4, 0.5) is 5.69 Å². The molecule has 6 heteroatoms. The Morgan fingerprint density at radius 2 is 1.95 bits per heavy atom. The zero-order valence-corrected chi connectivity index (χ0v) is 11.0. The number of amides is 1. The van der Waals surface area contributed by atoms with E-state index in [0.29, 0.717) is 16.8 Å². The van der Waals surface area contributed by atoms with E-state index in [4.69, 9.17) is 5.11 Å². The van der Waals surface area contributed by atoms with Crippen LogP contribution in [0.3, 0.4) is 0 Å². The van der Waals surface area contributed by atoms with Gasteiger partial charge < -0.3 is 10.0 Å². The van der Waals surface area contributed by atoms with Gasteiger partial charge in [0.15, 0.2) is 0 Å². The lowest BCUT2D eigenvalue weighted by molar-refractivity contribution is -0.114. The largest absolute Gasteiger partial charge is 0.477 e. The number of anilines is 1. The summed E-state index contributed by atoms with van der Waals surface area (Å²) in [6.07, 6.45) is 0. The predicted octanol–water partition coefficient (Wildman–Crippen LogP) is 2.18. The minimum absolute atomic E-state index is 0.0900. The molecule has 100 valence electrons. The van der Waals surface area contributed by atoms with Gasteiger partial charge in [0.2, 0.25) is 0 Å². The maximum atomic E-state index is 12.0. The van der Waals surface area contributed by atoms with Gasteiger partial charge in [0, 0.05) is 0 Å². The van der Waals surface area contributed by atoms with Crippen molar-refractivity contribution in [1.82, 2.24) is 0 Å². The second-order valence-corrected chi connectivity index (χ2v) is 5.23. The number of ketones is 1. The molecule has 0 atom stereocenters. The van der Waals surface area contributed by atoms with Crippen LogP contribution in [0.2, 0.25) is 0 Å². The van der Waals surface area contributed by atoms with E-state index in [1.54, 1.807) is 35.7 Å². The molecule has 1 N–H and O–H groups in total. The zero-order chi connectivity index (χ0) is 14.3. The summed E-state index contributed by atoms with van der Waals surface area (Å²) in [4.78, 5) is 36.5. The number of carbonyl (C=O) groups is 3. The lowest BCUT2D eigenvalue weighted by Gasteiger charge is -2.16. The highest BCUT2D eigenvalue weighted by Crippen LogP contribution is 2.31. The van der Waals surface area contributed by atoms with E-state index >= 15 is 0 Å². The monoisotopic (exact) mass is 287 g/mol. The highest BCUT2D eigenvalue weighted by molar-refractivity contribution is 7.12. The average molecular weight is 287 g/mol. The van der Waals surface area contributed by atoms with E-state index in [0.717, 1.165) is 11.3 Å². The fourth-order valence-electron chi connectivity index (χ4n) is 2.22. The Balaban J connectivity index is 1.99. The number of fused-ring (bicyclic) bond motifs is 1. The normalized spacial score (nSPS) is 13.7. The number of Topliss-reactive ketones (excluding diaryl/α,β-unsaturated/α-hetero) is 1. The number of carboxylic acid groups (broad SMARTS) is 1. The molecule has 5 nitrogen and oxygen atoms in total. The molecule has 1 aromatic heterocycles. The van der Waals surface area contributed by atoms with E-state index in [-0.39, 0.29) is 11.4 Å². The molecular formula is C14H9NO4S. The third-order valence-corrected chi connectivity index (χ3v) is 4.09. The van der Waals surface area contributed by atoms with Crippen molar-refractivity contribution < 1.29 is 19.5 Å². The third-order valence-electron chi connectivity index (χ3n) is 3.15. The highest BCUT2D eigenvalue weighted by atomic mass is 32.1. The van der Waals surface area contributed by atoms with Crippen LogP contribution in [0.5, 0.6) is 0 Å². The summed E-state index contributed by atoms with van der Waals surface area (Å²) in [6, 6.07) is 8.38. The summed E-state index contributed by atoms with van der Waals surface area (Å²) >= 11 is 1.10. The number of nitrogens with zero attached hydrogens (tertiary/aromatic N) is 1. The molecule has 1 aromatic carbocycles. The van der Waals surface area contributed by atoms with Crippen LogP contribution >= 0.6 is 11.3 Å². The van der Waals surface area contributed by atoms with Crippen molar-refractivity contribution in [3.05, 3.63) is 51.7 Å². The van der Waals surface area contributed by atoms with Gasteiger partial charge in [-0.25, -0.2) is 4.79 Å². The van der Waals surface area contributed by atoms with Gasteiger partial charge in [-0.15, -0.1) is 11.3 Å². The molecule has 0 bridgehead atoms. The molecule has 0 spiro atoms. The fraction of sp³-hybridized carbons (Fsp3) is 0.0714. The van der Waals surface area contributed by atoms with Crippen molar-refractivity contribution in [2.75, 3.05) is 4.90 Å². The predicted molar refractivity (Wildman–Crippen MR) is 73.2 cm³/mol. The zero-order valence-electron chi connectivity index (χ0n) is 10.2. The molecule has 1 amide bonds. The van der Waals surface area contributed by atoms with Crippen molar-refractivity contribution in [1.29, 1.82) is 0 Å². The van der Waals surface area contributed by atoms with Crippen molar-refractivity contribution in [3.8, 4) is 0 Å². The number of hydrogen-bond acceptors (Lipinski definition) is 4. The maximum absolute atomic E-state index is 12.0. The molecule has 0 saturated carbocycles. The summed E-state index contributed by atoms with van der Waals surface area (Å²) < 4.78 is 0. The molecule has 20 heavy (non-hydrogen) atoms. The lowest BCUT2D eigenvalue weighted by Crippen LogP contribution is -2.29. The molecular weight excluding hydrogens is 278 g/mol. The number of rotatable bonds is 3. The standard InChI is InChI=1S/C14H9NO4S/c16-11-9-3-1-2-4-10(9)15(13(11)17)7-8-5-6-20-12(8)14(18)19/h1-6H,7H2,(H,18,19). The van der Waals surface area contributed by atoms with Gasteiger partial charge in [-0.2, -0.15) is 0 Å². The molecule has 0 aliphatic carbocycles. The Labute approximate surface area is 118 Å². The van der Waals surface area contributed by atoms with Crippen LogP contribution in [0.1, 0.15) is 25.6 Å². The minimum atomic E-state index is -1.03. The van der Waals surface area contributed by atoms with Crippen LogP contribution < -0.4 is 4.90 Å². The van der Waals surface area contributed by atoms with E-state index in [1.165, 1.54) is 4.90 Å². The van der Waals surface area contributed by atoms with E-state index < -0.39 is 17.7 Å². The first-order valence-corrected chi connectivity index (χ1v) is 6.72. The van der Waals surface area contributed by atoms with Gasteiger partial charge in [0.25, 0.3) is 11.7 Å². The van der Waals surface area contributed by atoms with Crippen LogP contribution in [-0.4, -0.2) is 22.8 Å². The van der Waals surface area contributed by atoms with Gasteiger partial charge in [-0.05, 0) is 29.1 Å². The Kier molecular flexibility index (Phi) is 2.87. The van der Waals surface area contributed by atoms with Crippen LogP contribution in [0.15, 0.2) is 35.7 Å². The third kappa shape index (κ3) is 1.81. The fourth-order valence-corrected chi connectivity index (χ4v) is 2.98. The quantitative estimate of drug-likeness (QED) is 0.878. The summed E-state index contributed by atoms with van der Waals surface area (Å²) in [7, 11) is 0. The van der Waals surface area contributed by atoms with Crippen molar-refractivity contribution in [2.45, 2.75) is 6.54 Å². The number of para-hydroxylation sites is 1. The highest BCUT2D eigenvalue weighted by Gasteiger charge is 2.35. The van der Waals surface area contributed by atoms with E-state index in [9.17, 15) is 14.4 Å². The molecule has 0 saturated heterocycles. The Bertz CT molecular complexity index is 734. The molecule has 3 rings (SSSR count). The Morgan fingerprint density at radius 3 is 2.70 bits per heavy atom. The first-order chi connectivity index (χ1) is 9.59. The van der Waals surface area contributed by atoms with Crippen molar-refractivity contribution in [2.24, 2.45) is 0 Å². The minimum Gasteiger partial charge on any atom is -0.477 e. The van der Waals surface area contributed by atoms with Crippen LogP contribution in [-0.2, 0) is 11.3 Å². The summed E-state index contributed by atoms with van der Waals surface area (Å²) in [5.74, 6) is -2.19. The molecule has 1 aliphatic rings. The molecule has 2 aromatic rings. The first-order valence-electron chi connectivity index (χ1n) is 5.84. The Hall–Kier alpha value is -2.47. The number of aromatic carboxylic acids is 1. The van der Waals surface area contributed by atoms with Gasteiger partial charge in [0.1, 0.15) is 4.88 Å². The molecule has 1 aliphatic heterocycles. The smallest absolute Gasteiger partial charge is 0.346 e. The number of hydrogen-bond donors (Lipinski definition) is 1. The SMILES string of the molecule is O=C1C(=O)N(Cc2ccsc2C(=O)O)c2ccccc21. The van der Waals surface area contributed by atoms with Gasteiger partial charge in [0.05, 0.1) is 17.8 Å². The average Bonchev–Trinajstić information content (AvgIpc) is 2.99. The number of thiophene rings is 1. The molecule has 0 radical (unpaired) electrons. The van der Waals surface area contributed by atoms with Crippen molar-refractivity contribution in [3.63, 3.8) is 0 Å². The maximum Gasteiger partial charge on any atom is 0.346 e. The molecule has 0 unspecified atom stereocenters. The van der Waals surface area contributed by atoms with E-state index in [2.05, 4.69) is 0 Å². The van der Waals surface area contributed by atoms with Crippen LogP contribution in [0.25, 0.3) is 0 Å². The lowest BCUT2D eigenvalue weighted by atomic mass is 10.1. The van der Waals surface area contributed by atoms with Gasteiger partial charge in [-0.3, -0.25) is 9.59 Å². The summed E-state index contributed by atoms with van der Waals surface area (Å²) in [5, 5.41) is 10.7. The van der Waals surface area contributed by atoms with Gasteiger partial charge in [-0.1, -0.05) is 12.1 Å². The second-order valence-electron chi connectivity index (χ2n) is 4.32. The van der Waals surface area contributed by atoms with Crippen LogP contribution in [0, 0.1) is 0 Å². The topological polar surface area (TPSA) is 74.7 Å². The number of carbonyl (C=O) groups excluding carboxylic acids is 2.